The number of amides is 1. The van der Waals surface area contributed by atoms with Crippen LogP contribution in [0.15, 0.2) is 34.8 Å². The van der Waals surface area contributed by atoms with E-state index in [0.29, 0.717) is 6.54 Å². The molecular weight excluding hydrogens is 320 g/mol. The Morgan fingerprint density at radius 3 is 2.55 bits per heavy atom. The van der Waals surface area contributed by atoms with Gasteiger partial charge in [0.1, 0.15) is 0 Å². The van der Waals surface area contributed by atoms with Crippen LogP contribution < -0.4 is 5.32 Å². The van der Waals surface area contributed by atoms with E-state index in [1.165, 1.54) is 6.08 Å². The lowest BCUT2D eigenvalue weighted by atomic mass is 10.1. The van der Waals surface area contributed by atoms with Gasteiger partial charge in [-0.05, 0) is 44.8 Å². The molecule has 0 bridgehead atoms. The van der Waals surface area contributed by atoms with Gasteiger partial charge in [-0.3, -0.25) is 4.79 Å². The second-order valence-corrected chi connectivity index (χ2v) is 6.25. The van der Waals surface area contributed by atoms with Crippen LogP contribution in [0, 0.1) is 0 Å². The van der Waals surface area contributed by atoms with E-state index in [9.17, 15) is 9.90 Å². The van der Waals surface area contributed by atoms with Gasteiger partial charge >= 0.3 is 0 Å². The zero-order chi connectivity index (χ0) is 15.2. The monoisotopic (exact) mass is 340 g/mol. The minimum atomic E-state index is -0.940. The molecule has 0 aliphatic carbocycles. The maximum absolute atomic E-state index is 11.7. The fourth-order valence-corrected chi connectivity index (χ4v) is 2.08. The fraction of sp³-hybridized carbons (Fsp3) is 0.400. The number of nitrogens with zero attached hydrogens (tertiary/aromatic N) is 1. The maximum atomic E-state index is 11.7. The van der Waals surface area contributed by atoms with E-state index in [1.54, 1.807) is 13.0 Å². The number of aliphatic hydroxyl groups is 1. The number of benzene rings is 1. The van der Waals surface area contributed by atoms with Crippen LogP contribution in [0.2, 0.25) is 0 Å². The van der Waals surface area contributed by atoms with E-state index in [2.05, 4.69) is 21.2 Å². The molecule has 110 valence electrons. The summed E-state index contributed by atoms with van der Waals surface area (Å²) in [7, 11) is 3.76. The molecule has 1 aromatic carbocycles. The Morgan fingerprint density at radius 2 is 2.00 bits per heavy atom. The van der Waals surface area contributed by atoms with Gasteiger partial charge in [0.05, 0.1) is 5.60 Å². The van der Waals surface area contributed by atoms with Gasteiger partial charge in [0, 0.05) is 23.6 Å². The third kappa shape index (κ3) is 6.84. The van der Waals surface area contributed by atoms with Gasteiger partial charge in [-0.25, -0.2) is 0 Å². The molecule has 0 saturated heterocycles. The Hall–Kier alpha value is -1.17. The number of hydrogen-bond donors (Lipinski definition) is 2. The second-order valence-electron chi connectivity index (χ2n) is 5.34. The van der Waals surface area contributed by atoms with Crippen molar-refractivity contribution in [3.8, 4) is 0 Å². The van der Waals surface area contributed by atoms with Crippen molar-refractivity contribution in [2.75, 3.05) is 27.2 Å². The summed E-state index contributed by atoms with van der Waals surface area (Å²) in [4.78, 5) is 13.6. The largest absolute Gasteiger partial charge is 0.387 e. The molecule has 1 unspecified atom stereocenters. The van der Waals surface area contributed by atoms with Gasteiger partial charge in [0.15, 0.2) is 0 Å². The number of carbonyl (C=O) groups excluding carboxylic acids is 1. The minimum Gasteiger partial charge on any atom is -0.387 e. The number of carbonyl (C=O) groups is 1. The first-order chi connectivity index (χ1) is 9.28. The van der Waals surface area contributed by atoms with Gasteiger partial charge in [-0.15, -0.1) is 0 Å². The topological polar surface area (TPSA) is 52.6 Å². The van der Waals surface area contributed by atoms with Crippen molar-refractivity contribution in [2.24, 2.45) is 0 Å². The molecule has 2 N–H and O–H groups in total. The maximum Gasteiger partial charge on any atom is 0.244 e. The molecule has 1 atom stereocenters. The van der Waals surface area contributed by atoms with Crippen molar-refractivity contribution < 1.29 is 9.90 Å². The quantitative estimate of drug-likeness (QED) is 0.777. The van der Waals surface area contributed by atoms with E-state index in [-0.39, 0.29) is 12.5 Å². The highest BCUT2D eigenvalue weighted by Crippen LogP contribution is 2.11. The van der Waals surface area contributed by atoms with Crippen molar-refractivity contribution in [3.05, 3.63) is 40.4 Å². The van der Waals surface area contributed by atoms with Gasteiger partial charge in [0.25, 0.3) is 0 Å². The van der Waals surface area contributed by atoms with Gasteiger partial charge < -0.3 is 15.3 Å². The molecule has 1 amide bonds. The standard InChI is InChI=1S/C15H21BrN2O2/c1-15(20,11-18(2)3)10-17-14(19)9-6-12-4-7-13(16)8-5-12/h4-9,20H,10-11H2,1-3H3,(H,17,19)/b9-6+. The summed E-state index contributed by atoms with van der Waals surface area (Å²) in [5, 5.41) is 12.8. The summed E-state index contributed by atoms with van der Waals surface area (Å²) in [6, 6.07) is 7.66. The molecule has 0 radical (unpaired) electrons. The van der Waals surface area contributed by atoms with E-state index >= 15 is 0 Å². The Labute approximate surface area is 128 Å². The predicted octanol–water partition coefficient (Wildman–Crippen LogP) is 1.89. The van der Waals surface area contributed by atoms with Crippen LogP contribution in [0.3, 0.4) is 0 Å². The molecule has 1 rings (SSSR count). The predicted molar refractivity (Wildman–Crippen MR) is 85.4 cm³/mol. The summed E-state index contributed by atoms with van der Waals surface area (Å²) in [6.07, 6.45) is 3.21. The van der Waals surface area contributed by atoms with E-state index in [0.717, 1.165) is 10.0 Å². The number of likely N-dealkylation sites (N-methyl/N-ethyl adjacent to an activating group) is 1. The summed E-state index contributed by atoms with van der Waals surface area (Å²) >= 11 is 3.36. The average molecular weight is 341 g/mol. The third-order valence-electron chi connectivity index (χ3n) is 2.60. The second kappa shape index (κ2) is 7.57. The molecule has 20 heavy (non-hydrogen) atoms. The van der Waals surface area contributed by atoms with Crippen LogP contribution in [0.1, 0.15) is 12.5 Å². The highest BCUT2D eigenvalue weighted by atomic mass is 79.9. The molecule has 0 spiro atoms. The van der Waals surface area contributed by atoms with Crippen molar-refractivity contribution in [1.29, 1.82) is 0 Å². The van der Waals surface area contributed by atoms with Crippen molar-refractivity contribution in [1.82, 2.24) is 10.2 Å². The molecular formula is C15H21BrN2O2. The molecule has 4 nitrogen and oxygen atoms in total. The normalized spacial score (nSPS) is 14.5. The third-order valence-corrected chi connectivity index (χ3v) is 3.13. The molecule has 0 aliphatic heterocycles. The van der Waals surface area contributed by atoms with Crippen molar-refractivity contribution in [3.63, 3.8) is 0 Å². The van der Waals surface area contributed by atoms with E-state index < -0.39 is 5.60 Å². The van der Waals surface area contributed by atoms with Crippen molar-refractivity contribution >= 4 is 27.9 Å². The van der Waals surface area contributed by atoms with Crippen LogP contribution in [-0.2, 0) is 4.79 Å². The summed E-state index contributed by atoms with van der Waals surface area (Å²) < 4.78 is 0.999. The van der Waals surface area contributed by atoms with E-state index in [4.69, 9.17) is 0 Å². The molecule has 0 fully saturated rings. The Morgan fingerprint density at radius 1 is 1.40 bits per heavy atom. The summed E-state index contributed by atoms with van der Waals surface area (Å²) in [6.45, 7) is 2.41. The molecule has 0 heterocycles. The first-order valence-electron chi connectivity index (χ1n) is 6.37. The molecule has 0 aromatic heterocycles. The average Bonchev–Trinajstić information content (AvgIpc) is 2.34. The Kier molecular flexibility index (Phi) is 6.39. The highest BCUT2D eigenvalue weighted by molar-refractivity contribution is 9.10. The number of nitrogens with one attached hydrogen (secondary N) is 1. The van der Waals surface area contributed by atoms with Crippen molar-refractivity contribution in [2.45, 2.75) is 12.5 Å². The number of hydrogen-bond acceptors (Lipinski definition) is 3. The summed E-state index contributed by atoms with van der Waals surface area (Å²) in [5.41, 5.74) is 0.00772. The molecule has 1 aromatic rings. The molecule has 0 saturated carbocycles. The molecule has 5 heteroatoms. The zero-order valence-corrected chi connectivity index (χ0v) is 13.6. The lowest BCUT2D eigenvalue weighted by Crippen LogP contribution is -2.46. The SMILES string of the molecule is CN(C)CC(C)(O)CNC(=O)/C=C/c1ccc(Br)cc1. The summed E-state index contributed by atoms with van der Waals surface area (Å²) in [5.74, 6) is -0.216. The number of rotatable bonds is 6. The van der Waals surface area contributed by atoms with Crippen LogP contribution in [0.5, 0.6) is 0 Å². The Bertz CT molecular complexity index is 467. The fourth-order valence-electron chi connectivity index (χ4n) is 1.82. The van der Waals surface area contributed by atoms with E-state index in [1.807, 2.05) is 43.3 Å². The Balaban J connectivity index is 2.45. The van der Waals surface area contributed by atoms with Crippen LogP contribution >= 0.6 is 15.9 Å². The smallest absolute Gasteiger partial charge is 0.244 e. The first-order valence-corrected chi connectivity index (χ1v) is 7.16. The van der Waals surface area contributed by atoms with Gasteiger partial charge in [0.2, 0.25) is 5.91 Å². The highest BCUT2D eigenvalue weighted by Gasteiger charge is 2.21. The lowest BCUT2D eigenvalue weighted by molar-refractivity contribution is -0.117. The van der Waals surface area contributed by atoms with Gasteiger partial charge in [-0.1, -0.05) is 28.1 Å². The first kappa shape index (κ1) is 16.9. The number of halogens is 1. The van der Waals surface area contributed by atoms with Gasteiger partial charge in [-0.2, -0.15) is 0 Å². The minimum absolute atomic E-state index is 0.216. The molecule has 0 aliphatic rings. The zero-order valence-electron chi connectivity index (χ0n) is 12.1. The van der Waals surface area contributed by atoms with Crippen LogP contribution in [0.4, 0.5) is 0 Å². The van der Waals surface area contributed by atoms with Crippen LogP contribution in [0.25, 0.3) is 6.08 Å². The lowest BCUT2D eigenvalue weighted by Gasteiger charge is -2.26. The van der Waals surface area contributed by atoms with Crippen LogP contribution in [-0.4, -0.2) is 48.7 Å².